The number of pyridine rings is 1. The summed E-state index contributed by atoms with van der Waals surface area (Å²) in [5, 5.41) is 0. The maximum Gasteiger partial charge on any atom is 0.0569 e. The first-order chi connectivity index (χ1) is 8.75. The molecule has 3 rings (SSSR count). The smallest absolute Gasteiger partial charge is 0.0569 e. The quantitative estimate of drug-likeness (QED) is 0.871. The zero-order chi connectivity index (χ0) is 12.5. The zero-order valence-electron chi connectivity index (χ0n) is 11.2. The van der Waals surface area contributed by atoms with E-state index in [9.17, 15) is 0 Å². The molecule has 18 heavy (non-hydrogen) atoms. The lowest BCUT2D eigenvalue weighted by Crippen LogP contribution is -2.42. The molecular weight excluding hydrogens is 222 g/mol. The lowest BCUT2D eigenvalue weighted by atomic mass is 9.91. The Morgan fingerprint density at radius 1 is 1.28 bits per heavy atom. The molecule has 1 aromatic rings. The third kappa shape index (κ3) is 2.12. The molecule has 1 aromatic heterocycles. The Hall–Kier alpha value is -1.09. The normalized spacial score (nSPS) is 29.1. The van der Waals surface area contributed by atoms with Gasteiger partial charge in [0.2, 0.25) is 0 Å². The van der Waals surface area contributed by atoms with Crippen molar-refractivity contribution in [2.45, 2.75) is 51.1 Å². The minimum absolute atomic E-state index is 0.0274. The fourth-order valence-electron chi connectivity index (χ4n) is 3.61. The first kappa shape index (κ1) is 12.0. The predicted octanol–water partition coefficient (Wildman–Crippen LogP) is 2.87. The second kappa shape index (κ2) is 4.88. The fraction of sp³-hybridized carbons (Fsp3) is 0.667. The Labute approximate surface area is 109 Å². The second-order valence-electron chi connectivity index (χ2n) is 5.82. The Morgan fingerprint density at radius 3 is 2.83 bits per heavy atom. The SMILES string of the molecule is C[C@@H](N)c1ccc(N2CCCC3CCCC32)cn1. The molecule has 1 saturated heterocycles. The molecule has 1 aliphatic heterocycles. The average Bonchev–Trinajstić information content (AvgIpc) is 2.87. The van der Waals surface area contributed by atoms with Crippen LogP contribution in [0.1, 0.15) is 50.8 Å². The minimum Gasteiger partial charge on any atom is -0.367 e. The molecule has 3 atom stereocenters. The van der Waals surface area contributed by atoms with Gasteiger partial charge in [-0.25, -0.2) is 0 Å². The van der Waals surface area contributed by atoms with E-state index in [1.807, 2.05) is 13.1 Å². The molecule has 0 amide bonds. The number of nitrogens with zero attached hydrogens (tertiary/aromatic N) is 2. The molecule has 2 aliphatic rings. The molecule has 2 N–H and O–H groups in total. The number of nitrogens with two attached hydrogens (primary N) is 1. The molecule has 1 aliphatic carbocycles. The summed E-state index contributed by atoms with van der Waals surface area (Å²) in [6.45, 7) is 3.18. The van der Waals surface area contributed by atoms with E-state index in [-0.39, 0.29) is 6.04 Å². The topological polar surface area (TPSA) is 42.1 Å². The molecular formula is C15H23N3. The van der Waals surface area contributed by atoms with Gasteiger partial charge in [0, 0.05) is 18.6 Å². The van der Waals surface area contributed by atoms with Gasteiger partial charge >= 0.3 is 0 Å². The van der Waals surface area contributed by atoms with Crippen LogP contribution in [-0.4, -0.2) is 17.6 Å². The number of aromatic nitrogens is 1. The van der Waals surface area contributed by atoms with Gasteiger partial charge in [-0.05, 0) is 50.7 Å². The van der Waals surface area contributed by atoms with Crippen LogP contribution in [0, 0.1) is 5.92 Å². The Balaban J connectivity index is 1.80. The summed E-state index contributed by atoms with van der Waals surface area (Å²) in [6, 6.07) is 5.08. The minimum atomic E-state index is 0.0274. The van der Waals surface area contributed by atoms with Crippen LogP contribution < -0.4 is 10.6 Å². The molecule has 98 valence electrons. The molecule has 0 radical (unpaired) electrons. The highest BCUT2D eigenvalue weighted by molar-refractivity contribution is 5.47. The van der Waals surface area contributed by atoms with Crippen molar-refractivity contribution >= 4 is 5.69 Å². The first-order valence-corrected chi connectivity index (χ1v) is 7.24. The second-order valence-corrected chi connectivity index (χ2v) is 5.82. The number of hydrogen-bond acceptors (Lipinski definition) is 3. The zero-order valence-corrected chi connectivity index (χ0v) is 11.2. The van der Waals surface area contributed by atoms with Gasteiger partial charge in [0.15, 0.2) is 0 Å². The van der Waals surface area contributed by atoms with Gasteiger partial charge in [0.05, 0.1) is 17.6 Å². The van der Waals surface area contributed by atoms with Crippen molar-refractivity contribution in [3.8, 4) is 0 Å². The third-order valence-electron chi connectivity index (χ3n) is 4.56. The van der Waals surface area contributed by atoms with Crippen LogP contribution in [0.3, 0.4) is 0 Å². The van der Waals surface area contributed by atoms with Crippen molar-refractivity contribution in [1.29, 1.82) is 0 Å². The van der Waals surface area contributed by atoms with E-state index >= 15 is 0 Å². The van der Waals surface area contributed by atoms with Gasteiger partial charge in [-0.15, -0.1) is 0 Å². The summed E-state index contributed by atoms with van der Waals surface area (Å²) in [4.78, 5) is 7.08. The van der Waals surface area contributed by atoms with Gasteiger partial charge in [0.25, 0.3) is 0 Å². The van der Waals surface area contributed by atoms with Crippen molar-refractivity contribution in [2.75, 3.05) is 11.4 Å². The van der Waals surface area contributed by atoms with Gasteiger partial charge in [-0.2, -0.15) is 0 Å². The standard InChI is InChI=1S/C15H23N3/c1-11(16)14-8-7-13(10-17-14)18-9-3-5-12-4-2-6-15(12)18/h7-8,10-12,15H,2-6,9,16H2,1H3/t11-,12?,15?/m1/s1. The Kier molecular flexibility index (Phi) is 3.25. The molecule has 0 bridgehead atoms. The summed E-state index contributed by atoms with van der Waals surface area (Å²) in [7, 11) is 0. The highest BCUT2D eigenvalue weighted by Crippen LogP contribution is 2.38. The van der Waals surface area contributed by atoms with E-state index < -0.39 is 0 Å². The molecule has 0 spiro atoms. The lowest BCUT2D eigenvalue weighted by molar-refractivity contribution is 0.362. The molecule has 3 nitrogen and oxygen atoms in total. The van der Waals surface area contributed by atoms with Crippen LogP contribution in [-0.2, 0) is 0 Å². The molecule has 0 aromatic carbocycles. The molecule has 3 heteroatoms. The van der Waals surface area contributed by atoms with Crippen LogP contribution in [0.5, 0.6) is 0 Å². The molecule has 2 unspecified atom stereocenters. The fourth-order valence-corrected chi connectivity index (χ4v) is 3.61. The number of piperidine rings is 1. The third-order valence-corrected chi connectivity index (χ3v) is 4.56. The van der Waals surface area contributed by atoms with Crippen molar-refractivity contribution in [1.82, 2.24) is 4.98 Å². The van der Waals surface area contributed by atoms with Crippen molar-refractivity contribution in [3.63, 3.8) is 0 Å². The average molecular weight is 245 g/mol. The maximum atomic E-state index is 5.85. The Morgan fingerprint density at radius 2 is 2.11 bits per heavy atom. The van der Waals surface area contributed by atoms with E-state index in [2.05, 4.69) is 22.0 Å². The summed E-state index contributed by atoms with van der Waals surface area (Å²) < 4.78 is 0. The van der Waals surface area contributed by atoms with Crippen molar-refractivity contribution in [2.24, 2.45) is 11.7 Å². The van der Waals surface area contributed by atoms with Gasteiger partial charge in [-0.3, -0.25) is 4.98 Å². The first-order valence-electron chi connectivity index (χ1n) is 7.24. The highest BCUT2D eigenvalue weighted by Gasteiger charge is 2.35. The van der Waals surface area contributed by atoms with Crippen molar-refractivity contribution < 1.29 is 0 Å². The molecule has 2 fully saturated rings. The maximum absolute atomic E-state index is 5.85. The lowest BCUT2D eigenvalue weighted by Gasteiger charge is -2.39. The van der Waals surface area contributed by atoms with E-state index in [1.165, 1.54) is 44.3 Å². The summed E-state index contributed by atoms with van der Waals surface area (Å²) >= 11 is 0. The van der Waals surface area contributed by atoms with E-state index in [4.69, 9.17) is 5.73 Å². The summed E-state index contributed by atoms with van der Waals surface area (Å²) in [5.74, 6) is 0.923. The van der Waals surface area contributed by atoms with Gasteiger partial charge in [0.1, 0.15) is 0 Å². The number of anilines is 1. The predicted molar refractivity (Wildman–Crippen MR) is 74.5 cm³/mol. The van der Waals surface area contributed by atoms with Crippen LogP contribution >= 0.6 is 0 Å². The molecule has 1 saturated carbocycles. The molecule has 2 heterocycles. The van der Waals surface area contributed by atoms with Crippen LogP contribution in [0.15, 0.2) is 18.3 Å². The summed E-state index contributed by atoms with van der Waals surface area (Å²) in [6.07, 6.45) is 8.95. The number of hydrogen-bond donors (Lipinski definition) is 1. The van der Waals surface area contributed by atoms with E-state index in [0.717, 1.165) is 17.7 Å². The number of rotatable bonds is 2. The Bertz CT molecular complexity index is 399. The number of fused-ring (bicyclic) bond motifs is 1. The van der Waals surface area contributed by atoms with E-state index in [1.54, 1.807) is 0 Å². The van der Waals surface area contributed by atoms with Crippen LogP contribution in [0.2, 0.25) is 0 Å². The summed E-state index contributed by atoms with van der Waals surface area (Å²) in [5.41, 5.74) is 8.12. The monoisotopic (exact) mass is 245 g/mol. The van der Waals surface area contributed by atoms with Crippen molar-refractivity contribution in [3.05, 3.63) is 24.0 Å². The van der Waals surface area contributed by atoms with Crippen LogP contribution in [0.25, 0.3) is 0 Å². The van der Waals surface area contributed by atoms with E-state index in [0.29, 0.717) is 0 Å². The van der Waals surface area contributed by atoms with Gasteiger partial charge < -0.3 is 10.6 Å². The highest BCUT2D eigenvalue weighted by atomic mass is 15.2. The van der Waals surface area contributed by atoms with Crippen LogP contribution in [0.4, 0.5) is 5.69 Å². The van der Waals surface area contributed by atoms with Gasteiger partial charge in [-0.1, -0.05) is 6.42 Å². The largest absolute Gasteiger partial charge is 0.367 e.